The smallest absolute Gasteiger partial charge is 0.433 e. The third-order valence-electron chi connectivity index (χ3n) is 4.67. The molecule has 0 aliphatic heterocycles. The van der Waals surface area contributed by atoms with Crippen LogP contribution in [-0.4, -0.2) is 26.6 Å². The van der Waals surface area contributed by atoms with Gasteiger partial charge in [0.2, 0.25) is 5.91 Å². The molecule has 178 valence electrons. The highest BCUT2D eigenvalue weighted by Crippen LogP contribution is 2.42. The van der Waals surface area contributed by atoms with Crippen LogP contribution >= 0.6 is 11.3 Å². The van der Waals surface area contributed by atoms with E-state index in [0.717, 1.165) is 12.1 Å². The number of furan rings is 1. The average Bonchev–Trinajstić information content (AvgIpc) is 3.46. The molecule has 8 nitrogen and oxygen atoms in total. The highest BCUT2D eigenvalue weighted by atomic mass is 32.1. The minimum absolute atomic E-state index is 0.0424. The van der Waals surface area contributed by atoms with Gasteiger partial charge in [-0.2, -0.15) is 18.3 Å². The third-order valence-corrected chi connectivity index (χ3v) is 5.76. The molecule has 3 N–H and O–H groups in total. The third kappa shape index (κ3) is 4.35. The molecule has 0 aliphatic carbocycles. The lowest BCUT2D eigenvalue weighted by Crippen LogP contribution is -2.24. The first-order valence-corrected chi connectivity index (χ1v) is 10.3. The van der Waals surface area contributed by atoms with E-state index in [9.17, 15) is 31.5 Å². The first kappa shape index (κ1) is 23.4. The van der Waals surface area contributed by atoms with E-state index in [1.165, 1.54) is 25.3 Å². The normalized spacial score (nSPS) is 12.0. The lowest BCUT2D eigenvalue weighted by Gasteiger charge is -2.12. The summed E-state index contributed by atoms with van der Waals surface area (Å²) in [5, 5.41) is 6.15. The van der Waals surface area contributed by atoms with Crippen LogP contribution in [0.4, 0.5) is 27.6 Å². The molecule has 4 aromatic rings. The zero-order valence-corrected chi connectivity index (χ0v) is 17.9. The molecule has 4 heterocycles. The Kier molecular flexibility index (Phi) is 5.85. The van der Waals surface area contributed by atoms with E-state index in [-0.39, 0.29) is 37.8 Å². The van der Waals surface area contributed by atoms with Crippen LogP contribution in [0.2, 0.25) is 0 Å². The number of amides is 2. The minimum atomic E-state index is -4.75. The number of halogens is 5. The van der Waals surface area contributed by atoms with E-state index >= 15 is 0 Å². The fourth-order valence-electron chi connectivity index (χ4n) is 3.36. The van der Waals surface area contributed by atoms with Gasteiger partial charge in [-0.25, -0.2) is 13.8 Å². The molecule has 14 heteroatoms. The molecule has 0 spiro atoms. The van der Waals surface area contributed by atoms with Crippen LogP contribution in [0.1, 0.15) is 33.2 Å². The minimum Gasteiger partial charge on any atom is -0.464 e. The molecular weight excluding hydrogens is 485 g/mol. The molecule has 0 radical (unpaired) electrons. The molecule has 0 saturated heterocycles. The summed E-state index contributed by atoms with van der Waals surface area (Å²) in [6.45, 7) is 0.500. The number of nitrogens with one attached hydrogen (secondary N) is 1. The summed E-state index contributed by atoms with van der Waals surface area (Å²) in [6.07, 6.45) is -6.40. The second-order valence-electron chi connectivity index (χ2n) is 7.10. The summed E-state index contributed by atoms with van der Waals surface area (Å²) in [6, 6.07) is 4.80. The lowest BCUT2D eigenvalue weighted by atomic mass is 10.1. The van der Waals surface area contributed by atoms with Crippen molar-refractivity contribution < 1.29 is 36.0 Å². The number of nitrogens with two attached hydrogens (primary N) is 1. The van der Waals surface area contributed by atoms with Crippen LogP contribution in [0.3, 0.4) is 0 Å². The number of anilines is 1. The van der Waals surface area contributed by atoms with E-state index in [1.54, 1.807) is 0 Å². The maximum atomic E-state index is 13.4. The number of hydrogen-bond donors (Lipinski definition) is 2. The Hall–Kier alpha value is -3.81. The molecule has 0 bridgehead atoms. The molecular formula is C20H14F5N5O3S. The number of alkyl halides is 5. The maximum Gasteiger partial charge on any atom is 0.433 e. The van der Waals surface area contributed by atoms with E-state index in [4.69, 9.17) is 10.2 Å². The Morgan fingerprint density at radius 2 is 2.03 bits per heavy atom. The van der Waals surface area contributed by atoms with E-state index in [2.05, 4.69) is 15.4 Å². The number of primary amides is 1. The van der Waals surface area contributed by atoms with Crippen LogP contribution < -0.4 is 11.1 Å². The Morgan fingerprint density at radius 1 is 1.29 bits per heavy atom. The second-order valence-corrected chi connectivity index (χ2v) is 8.10. The van der Waals surface area contributed by atoms with Gasteiger partial charge in [0, 0.05) is 10.9 Å². The maximum absolute atomic E-state index is 13.4. The quantitative estimate of drug-likeness (QED) is 0.371. The summed E-state index contributed by atoms with van der Waals surface area (Å²) < 4.78 is 72.4. The van der Waals surface area contributed by atoms with Gasteiger partial charge in [0.1, 0.15) is 33.4 Å². The van der Waals surface area contributed by atoms with Gasteiger partial charge in [-0.15, -0.1) is 11.3 Å². The van der Waals surface area contributed by atoms with Crippen molar-refractivity contribution in [2.45, 2.75) is 26.1 Å². The first-order valence-electron chi connectivity index (χ1n) is 9.46. The van der Waals surface area contributed by atoms with Gasteiger partial charge < -0.3 is 15.5 Å². The monoisotopic (exact) mass is 499 g/mol. The van der Waals surface area contributed by atoms with Crippen LogP contribution in [0, 0.1) is 6.92 Å². The van der Waals surface area contributed by atoms with Gasteiger partial charge in [-0.1, -0.05) is 0 Å². The van der Waals surface area contributed by atoms with Gasteiger partial charge in [0.05, 0.1) is 17.6 Å². The zero-order valence-electron chi connectivity index (χ0n) is 17.1. The molecule has 0 atom stereocenters. The summed E-state index contributed by atoms with van der Waals surface area (Å²) in [5.41, 5.74) is 3.64. The molecule has 0 fully saturated rings. The van der Waals surface area contributed by atoms with Gasteiger partial charge in [0.25, 0.3) is 12.3 Å². The van der Waals surface area contributed by atoms with Gasteiger partial charge >= 0.3 is 6.18 Å². The van der Waals surface area contributed by atoms with Crippen LogP contribution in [0.5, 0.6) is 0 Å². The number of aryl methyl sites for hydroxylation is 1. The number of thiophene rings is 1. The SMILES string of the molecule is Cc1cc(C(F)(F)F)n(CC(=O)Nc2c(C(N)=O)sc3nc(C(F)F)cc(-c4ccco4)c23)n1. The van der Waals surface area contributed by atoms with Gasteiger partial charge in [0.15, 0.2) is 0 Å². The van der Waals surface area contributed by atoms with Crippen molar-refractivity contribution in [1.82, 2.24) is 14.8 Å². The molecule has 4 rings (SSSR count). The molecule has 0 aromatic carbocycles. The summed E-state index contributed by atoms with van der Waals surface area (Å²) >= 11 is 0.657. The fourth-order valence-corrected chi connectivity index (χ4v) is 4.37. The standard InChI is InChI=1S/C20H14F5N5O3S/c1-8-5-12(20(23,24)25)30(29-8)7-13(31)28-15-14-9(11-3-2-4-33-11)6-10(17(21)22)27-19(14)34-16(15)18(26)32/h2-6,17H,7H2,1H3,(H2,26,32)(H,28,31). The van der Waals surface area contributed by atoms with Crippen molar-refractivity contribution >= 4 is 39.1 Å². The zero-order chi connectivity index (χ0) is 24.8. The second kappa shape index (κ2) is 8.52. The molecule has 34 heavy (non-hydrogen) atoms. The highest BCUT2D eigenvalue weighted by Gasteiger charge is 2.36. The van der Waals surface area contributed by atoms with E-state index < -0.39 is 42.3 Å². The molecule has 0 aliphatic rings. The Labute approximate surface area is 191 Å². The van der Waals surface area contributed by atoms with Crippen molar-refractivity contribution in [1.29, 1.82) is 0 Å². The molecule has 2 amide bonds. The van der Waals surface area contributed by atoms with Crippen molar-refractivity contribution in [2.75, 3.05) is 5.32 Å². The summed E-state index contributed by atoms with van der Waals surface area (Å²) in [7, 11) is 0. The molecule has 0 unspecified atom stereocenters. The van der Waals surface area contributed by atoms with Crippen molar-refractivity contribution in [2.24, 2.45) is 5.73 Å². The predicted octanol–water partition coefficient (Wildman–Crippen LogP) is 4.76. The Morgan fingerprint density at radius 3 is 2.62 bits per heavy atom. The van der Waals surface area contributed by atoms with Gasteiger partial charge in [-0.3, -0.25) is 14.3 Å². The largest absolute Gasteiger partial charge is 0.464 e. The van der Waals surface area contributed by atoms with Crippen molar-refractivity contribution in [3.8, 4) is 11.3 Å². The molecule has 0 saturated carbocycles. The van der Waals surface area contributed by atoms with Crippen molar-refractivity contribution in [3.63, 3.8) is 0 Å². The highest BCUT2D eigenvalue weighted by molar-refractivity contribution is 7.21. The predicted molar refractivity (Wildman–Crippen MR) is 111 cm³/mol. The average molecular weight is 499 g/mol. The Bertz CT molecular complexity index is 1390. The number of aromatic nitrogens is 3. The number of pyridine rings is 1. The lowest BCUT2D eigenvalue weighted by molar-refractivity contribution is -0.144. The fraction of sp³-hybridized carbons (Fsp3) is 0.200. The number of rotatable bonds is 6. The van der Waals surface area contributed by atoms with Crippen molar-refractivity contribution in [3.05, 3.63) is 52.5 Å². The van der Waals surface area contributed by atoms with E-state index in [0.29, 0.717) is 16.0 Å². The van der Waals surface area contributed by atoms with Crippen LogP contribution in [0.15, 0.2) is 34.9 Å². The topological polar surface area (TPSA) is 116 Å². The van der Waals surface area contributed by atoms with Gasteiger partial charge in [-0.05, 0) is 31.2 Å². The first-order chi connectivity index (χ1) is 16.0. The molecule has 4 aromatic heterocycles. The number of hydrogen-bond acceptors (Lipinski definition) is 6. The van der Waals surface area contributed by atoms with Crippen LogP contribution in [-0.2, 0) is 17.5 Å². The number of carbonyl (C=O) groups is 2. The number of fused-ring (bicyclic) bond motifs is 1. The number of carbonyl (C=O) groups excluding carboxylic acids is 2. The van der Waals surface area contributed by atoms with Crippen LogP contribution in [0.25, 0.3) is 21.5 Å². The summed E-state index contributed by atoms with van der Waals surface area (Å²) in [4.78, 5) is 28.4. The Balaban J connectivity index is 1.82. The number of nitrogens with zero attached hydrogens (tertiary/aromatic N) is 3. The van der Waals surface area contributed by atoms with E-state index in [1.807, 2.05) is 0 Å². The summed E-state index contributed by atoms with van der Waals surface area (Å²) in [5.74, 6) is -1.81.